The fraction of sp³-hybridized carbons (Fsp3) is 0.125. The summed E-state index contributed by atoms with van der Waals surface area (Å²) in [5.74, 6) is 0.909. The van der Waals surface area contributed by atoms with Crippen molar-refractivity contribution >= 4 is 51.6 Å². The summed E-state index contributed by atoms with van der Waals surface area (Å²) in [4.78, 5) is 17.0. The Bertz CT molecular complexity index is 1270. The quantitative estimate of drug-likeness (QED) is 0.361. The zero-order chi connectivity index (χ0) is 22.5. The monoisotopic (exact) mass is 465 g/mol. The van der Waals surface area contributed by atoms with Crippen molar-refractivity contribution in [1.29, 1.82) is 0 Å². The van der Waals surface area contributed by atoms with Gasteiger partial charge in [-0.15, -0.1) is 0 Å². The number of halogens is 1. The Labute approximate surface area is 195 Å². The van der Waals surface area contributed by atoms with E-state index in [2.05, 4.69) is 15.6 Å². The van der Waals surface area contributed by atoms with Crippen molar-refractivity contribution < 1.29 is 13.9 Å². The summed E-state index contributed by atoms with van der Waals surface area (Å²) in [6, 6.07) is 19.9. The fourth-order valence-corrected chi connectivity index (χ4v) is 3.47. The van der Waals surface area contributed by atoms with Gasteiger partial charge in [-0.05, 0) is 73.2 Å². The average Bonchev–Trinajstić information content (AvgIpc) is 3.17. The highest BCUT2D eigenvalue weighted by Crippen LogP contribution is 2.22. The molecular weight excluding hydrogens is 446 g/mol. The summed E-state index contributed by atoms with van der Waals surface area (Å²) in [5, 5.41) is 6.56. The Morgan fingerprint density at radius 1 is 1.12 bits per heavy atom. The zero-order valence-electron chi connectivity index (χ0n) is 17.2. The van der Waals surface area contributed by atoms with Crippen molar-refractivity contribution in [1.82, 2.24) is 10.3 Å². The largest absolute Gasteiger partial charge is 0.494 e. The topological polar surface area (TPSA) is 76.4 Å². The molecule has 8 heteroatoms. The van der Waals surface area contributed by atoms with Gasteiger partial charge in [-0.25, -0.2) is 4.98 Å². The number of thiocarbonyl (C=S) groups is 1. The van der Waals surface area contributed by atoms with E-state index in [9.17, 15) is 4.79 Å². The van der Waals surface area contributed by atoms with Gasteiger partial charge in [-0.1, -0.05) is 29.8 Å². The van der Waals surface area contributed by atoms with Crippen LogP contribution in [-0.4, -0.2) is 22.6 Å². The predicted octanol–water partition coefficient (Wildman–Crippen LogP) is 5.60. The van der Waals surface area contributed by atoms with Crippen molar-refractivity contribution in [3.8, 4) is 5.75 Å². The minimum absolute atomic E-state index is 0.182. The number of amides is 1. The van der Waals surface area contributed by atoms with Crippen molar-refractivity contribution in [2.45, 2.75) is 13.3 Å². The second kappa shape index (κ2) is 9.80. The van der Waals surface area contributed by atoms with Gasteiger partial charge >= 0.3 is 0 Å². The van der Waals surface area contributed by atoms with E-state index >= 15 is 0 Å². The summed E-state index contributed by atoms with van der Waals surface area (Å²) in [5.41, 5.74) is 3.56. The summed E-state index contributed by atoms with van der Waals surface area (Å²) in [7, 11) is 0. The normalized spacial score (nSPS) is 10.7. The molecule has 4 rings (SSSR count). The van der Waals surface area contributed by atoms with Crippen LogP contribution in [0.4, 0.5) is 5.69 Å². The highest BCUT2D eigenvalue weighted by atomic mass is 35.5. The number of nitrogens with one attached hydrogen (secondary N) is 2. The molecule has 0 radical (unpaired) electrons. The molecule has 0 unspecified atom stereocenters. The number of fused-ring (bicyclic) bond motifs is 1. The van der Waals surface area contributed by atoms with Gasteiger partial charge in [0.25, 0.3) is 5.91 Å². The van der Waals surface area contributed by atoms with Crippen LogP contribution in [0.3, 0.4) is 0 Å². The van der Waals surface area contributed by atoms with Crippen molar-refractivity contribution in [2.75, 3.05) is 11.9 Å². The lowest BCUT2D eigenvalue weighted by Gasteiger charge is -2.10. The molecule has 0 aliphatic rings. The first-order valence-corrected chi connectivity index (χ1v) is 10.8. The molecule has 0 aliphatic carbocycles. The van der Waals surface area contributed by atoms with Crippen molar-refractivity contribution in [2.24, 2.45) is 0 Å². The van der Waals surface area contributed by atoms with Crippen LogP contribution in [0.5, 0.6) is 5.75 Å². The van der Waals surface area contributed by atoms with Gasteiger partial charge in [0.05, 0.1) is 6.61 Å². The summed E-state index contributed by atoms with van der Waals surface area (Å²) in [6.45, 7) is 2.41. The highest BCUT2D eigenvalue weighted by Gasteiger charge is 2.11. The number of carbonyl (C=O) groups is 1. The minimum Gasteiger partial charge on any atom is -0.494 e. The van der Waals surface area contributed by atoms with Crippen molar-refractivity contribution in [3.05, 3.63) is 88.8 Å². The molecule has 162 valence electrons. The van der Waals surface area contributed by atoms with Gasteiger partial charge in [0.15, 0.2) is 16.6 Å². The van der Waals surface area contributed by atoms with Crippen LogP contribution >= 0.6 is 23.8 Å². The molecule has 1 aromatic heterocycles. The smallest absolute Gasteiger partial charge is 0.257 e. The molecule has 0 saturated heterocycles. The van der Waals surface area contributed by atoms with E-state index in [1.807, 2.05) is 49.4 Å². The molecule has 2 N–H and O–H groups in total. The van der Waals surface area contributed by atoms with Crippen LogP contribution in [-0.2, 0) is 6.42 Å². The van der Waals surface area contributed by atoms with E-state index in [0.717, 1.165) is 5.56 Å². The third-order valence-corrected chi connectivity index (χ3v) is 5.05. The van der Waals surface area contributed by atoms with Crippen LogP contribution in [0.15, 0.2) is 71.1 Å². The Hall–Kier alpha value is -3.42. The molecular formula is C24H20ClN3O3S. The van der Waals surface area contributed by atoms with Gasteiger partial charge in [0.2, 0.25) is 0 Å². The van der Waals surface area contributed by atoms with Crippen LogP contribution < -0.4 is 15.4 Å². The van der Waals surface area contributed by atoms with Gasteiger partial charge in [-0.2, -0.15) is 0 Å². The number of anilines is 1. The number of carbonyl (C=O) groups excluding carboxylic acids is 1. The fourth-order valence-electron chi connectivity index (χ4n) is 3.14. The number of hydrogen-bond acceptors (Lipinski definition) is 5. The molecule has 0 saturated carbocycles. The number of nitrogens with zero attached hydrogens (tertiary/aromatic N) is 1. The third kappa shape index (κ3) is 5.43. The van der Waals surface area contributed by atoms with Crippen LogP contribution in [0.25, 0.3) is 11.1 Å². The molecule has 0 atom stereocenters. The molecule has 1 heterocycles. The first kappa shape index (κ1) is 21.8. The summed E-state index contributed by atoms with van der Waals surface area (Å²) < 4.78 is 11.3. The van der Waals surface area contributed by atoms with E-state index in [-0.39, 0.29) is 11.0 Å². The second-order valence-electron chi connectivity index (χ2n) is 6.96. The van der Waals surface area contributed by atoms with Gasteiger partial charge in [0.1, 0.15) is 11.3 Å². The van der Waals surface area contributed by atoms with E-state index in [0.29, 0.717) is 52.0 Å². The zero-order valence-corrected chi connectivity index (χ0v) is 18.8. The molecule has 6 nitrogen and oxygen atoms in total. The number of aromatic nitrogens is 1. The number of rotatable bonds is 6. The first-order valence-electron chi connectivity index (χ1n) is 9.99. The number of ether oxygens (including phenoxy) is 1. The van der Waals surface area contributed by atoms with Gasteiger partial charge < -0.3 is 14.5 Å². The van der Waals surface area contributed by atoms with E-state index in [4.69, 9.17) is 33.0 Å². The minimum atomic E-state index is -0.322. The van der Waals surface area contributed by atoms with Crippen LogP contribution in [0.1, 0.15) is 28.7 Å². The lowest BCUT2D eigenvalue weighted by Crippen LogP contribution is -2.34. The van der Waals surface area contributed by atoms with E-state index in [1.165, 1.54) is 0 Å². The van der Waals surface area contributed by atoms with Crippen LogP contribution in [0.2, 0.25) is 5.02 Å². The highest BCUT2D eigenvalue weighted by molar-refractivity contribution is 7.80. The summed E-state index contributed by atoms with van der Waals surface area (Å²) >= 11 is 11.2. The number of benzene rings is 3. The molecule has 0 aliphatic heterocycles. The molecule has 0 fully saturated rings. The molecule has 4 aromatic rings. The standard InChI is InChI=1S/C24H20ClN3O3S/c1-2-30-19-5-3-4-16(13-19)23(29)28-24(32)26-18-10-11-21-20(14-18)27-22(31-21)12-15-6-8-17(25)9-7-15/h3-11,13-14H,2,12H2,1H3,(H2,26,28,29,32). The average molecular weight is 466 g/mol. The van der Waals surface area contributed by atoms with E-state index in [1.54, 1.807) is 24.3 Å². The lowest BCUT2D eigenvalue weighted by molar-refractivity contribution is 0.0977. The Morgan fingerprint density at radius 3 is 2.72 bits per heavy atom. The van der Waals surface area contributed by atoms with Crippen LogP contribution in [0, 0.1) is 0 Å². The molecule has 0 spiro atoms. The molecule has 1 amide bonds. The molecule has 32 heavy (non-hydrogen) atoms. The maximum atomic E-state index is 12.5. The maximum absolute atomic E-state index is 12.5. The van der Waals surface area contributed by atoms with Crippen molar-refractivity contribution in [3.63, 3.8) is 0 Å². The molecule has 3 aromatic carbocycles. The van der Waals surface area contributed by atoms with Gasteiger partial charge in [0, 0.05) is 22.7 Å². The van der Waals surface area contributed by atoms with Gasteiger partial charge in [-0.3, -0.25) is 10.1 Å². The number of hydrogen-bond donors (Lipinski definition) is 2. The lowest BCUT2D eigenvalue weighted by atomic mass is 10.1. The van der Waals surface area contributed by atoms with E-state index < -0.39 is 0 Å². The molecule has 0 bridgehead atoms. The summed E-state index contributed by atoms with van der Waals surface area (Å²) in [6.07, 6.45) is 0.559. The third-order valence-electron chi connectivity index (χ3n) is 4.59. The predicted molar refractivity (Wildman–Crippen MR) is 130 cm³/mol. The second-order valence-corrected chi connectivity index (χ2v) is 7.81. The Balaban J connectivity index is 1.41. The first-order chi connectivity index (χ1) is 15.5. The SMILES string of the molecule is CCOc1cccc(C(=O)NC(=S)Nc2ccc3oc(Cc4ccc(Cl)cc4)nc3c2)c1. The number of oxazole rings is 1. The maximum Gasteiger partial charge on any atom is 0.257 e. The Kier molecular flexibility index (Phi) is 6.68. The Morgan fingerprint density at radius 2 is 1.94 bits per heavy atom.